The summed E-state index contributed by atoms with van der Waals surface area (Å²) in [6.45, 7) is 1.97. The zero-order valence-electron chi connectivity index (χ0n) is 10.2. The molecule has 3 aromatic rings. The lowest BCUT2D eigenvalue weighted by Gasteiger charge is -2.11. The van der Waals surface area contributed by atoms with Crippen molar-refractivity contribution in [3.8, 4) is 0 Å². The fourth-order valence-electron chi connectivity index (χ4n) is 2.19. The average molecular weight is 237 g/mol. The molecular weight excluding hydrogens is 222 g/mol. The van der Waals surface area contributed by atoms with Crippen LogP contribution in [-0.2, 0) is 0 Å². The molecule has 2 aromatic heterocycles. The van der Waals surface area contributed by atoms with Gasteiger partial charge in [0.15, 0.2) is 0 Å². The van der Waals surface area contributed by atoms with Gasteiger partial charge >= 0.3 is 0 Å². The number of aromatic amines is 1. The van der Waals surface area contributed by atoms with Gasteiger partial charge in [-0.05, 0) is 30.2 Å². The molecule has 0 aliphatic rings. The SMILES string of the molecule is Cc1ccc(C(N)c2c[nH]c3ccccc23)cn1. The third-order valence-electron chi connectivity index (χ3n) is 3.25. The van der Waals surface area contributed by atoms with Gasteiger partial charge in [0.1, 0.15) is 0 Å². The molecule has 0 aliphatic heterocycles. The maximum Gasteiger partial charge on any atom is 0.0588 e. The third-order valence-corrected chi connectivity index (χ3v) is 3.25. The van der Waals surface area contributed by atoms with Crippen molar-refractivity contribution in [3.05, 3.63) is 65.6 Å². The summed E-state index contributed by atoms with van der Waals surface area (Å²) < 4.78 is 0. The monoisotopic (exact) mass is 237 g/mol. The number of rotatable bonds is 2. The fraction of sp³-hybridized carbons (Fsp3) is 0.133. The number of nitrogens with two attached hydrogens (primary N) is 1. The highest BCUT2D eigenvalue weighted by molar-refractivity contribution is 5.84. The second kappa shape index (κ2) is 4.27. The number of aryl methyl sites for hydroxylation is 1. The van der Waals surface area contributed by atoms with Gasteiger partial charge in [0.25, 0.3) is 0 Å². The standard InChI is InChI=1S/C15H15N3/c1-10-6-7-11(8-17-10)15(16)13-9-18-14-5-3-2-4-12(13)14/h2-9,15,18H,16H2,1H3. The number of benzene rings is 1. The lowest BCUT2D eigenvalue weighted by molar-refractivity contribution is 0.868. The number of hydrogen-bond donors (Lipinski definition) is 2. The molecule has 1 aromatic carbocycles. The third kappa shape index (κ3) is 1.79. The van der Waals surface area contributed by atoms with Crippen LogP contribution in [0.2, 0.25) is 0 Å². The van der Waals surface area contributed by atoms with Crippen LogP contribution < -0.4 is 5.73 Å². The Morgan fingerprint density at radius 2 is 2.00 bits per heavy atom. The van der Waals surface area contributed by atoms with Gasteiger partial charge in [-0.25, -0.2) is 0 Å². The molecule has 0 saturated heterocycles. The first-order valence-corrected chi connectivity index (χ1v) is 6.00. The average Bonchev–Trinajstić information content (AvgIpc) is 2.82. The highest BCUT2D eigenvalue weighted by Gasteiger charge is 2.13. The number of H-pyrrole nitrogens is 1. The second-order valence-corrected chi connectivity index (χ2v) is 4.50. The lowest BCUT2D eigenvalue weighted by atomic mass is 10.0. The summed E-state index contributed by atoms with van der Waals surface area (Å²) in [4.78, 5) is 7.55. The molecule has 1 atom stereocenters. The number of pyridine rings is 1. The van der Waals surface area contributed by atoms with Gasteiger partial charge < -0.3 is 10.7 Å². The van der Waals surface area contributed by atoms with Crippen LogP contribution in [0.25, 0.3) is 10.9 Å². The lowest BCUT2D eigenvalue weighted by Crippen LogP contribution is -2.11. The van der Waals surface area contributed by atoms with Crippen molar-refractivity contribution >= 4 is 10.9 Å². The van der Waals surface area contributed by atoms with Crippen LogP contribution in [0.15, 0.2) is 48.8 Å². The minimum Gasteiger partial charge on any atom is -0.361 e. The van der Waals surface area contributed by atoms with E-state index in [0.29, 0.717) is 0 Å². The minimum atomic E-state index is -0.144. The molecule has 0 spiro atoms. The molecule has 18 heavy (non-hydrogen) atoms. The van der Waals surface area contributed by atoms with E-state index in [0.717, 1.165) is 22.3 Å². The Balaban J connectivity index is 2.06. The van der Waals surface area contributed by atoms with Gasteiger partial charge in [-0.15, -0.1) is 0 Å². The van der Waals surface area contributed by atoms with Crippen molar-refractivity contribution in [1.82, 2.24) is 9.97 Å². The highest BCUT2D eigenvalue weighted by atomic mass is 14.7. The van der Waals surface area contributed by atoms with Crippen molar-refractivity contribution in [2.24, 2.45) is 5.73 Å². The number of aromatic nitrogens is 2. The molecule has 0 bridgehead atoms. The summed E-state index contributed by atoms with van der Waals surface area (Å²) in [6, 6.07) is 12.1. The van der Waals surface area contributed by atoms with Crippen molar-refractivity contribution in [3.63, 3.8) is 0 Å². The Morgan fingerprint density at radius 3 is 2.78 bits per heavy atom. The van der Waals surface area contributed by atoms with E-state index >= 15 is 0 Å². The Bertz CT molecular complexity index is 668. The zero-order chi connectivity index (χ0) is 12.5. The predicted octanol–water partition coefficient (Wildman–Crippen LogP) is 2.92. The number of hydrogen-bond acceptors (Lipinski definition) is 2. The molecule has 3 N–H and O–H groups in total. The van der Waals surface area contributed by atoms with Crippen molar-refractivity contribution in [1.29, 1.82) is 0 Å². The molecule has 90 valence electrons. The first-order chi connectivity index (χ1) is 8.75. The summed E-state index contributed by atoms with van der Waals surface area (Å²) in [5.74, 6) is 0. The van der Waals surface area contributed by atoms with Gasteiger partial charge in [0.05, 0.1) is 6.04 Å². The number of fused-ring (bicyclic) bond motifs is 1. The van der Waals surface area contributed by atoms with Crippen LogP contribution in [0.4, 0.5) is 0 Å². The molecule has 0 aliphatic carbocycles. The van der Waals surface area contributed by atoms with Crippen LogP contribution in [0.5, 0.6) is 0 Å². The van der Waals surface area contributed by atoms with Gasteiger partial charge in [-0.1, -0.05) is 24.3 Å². The summed E-state index contributed by atoms with van der Waals surface area (Å²) >= 11 is 0. The highest BCUT2D eigenvalue weighted by Crippen LogP contribution is 2.26. The Kier molecular flexibility index (Phi) is 2.61. The largest absolute Gasteiger partial charge is 0.361 e. The minimum absolute atomic E-state index is 0.144. The van der Waals surface area contributed by atoms with Gasteiger partial charge in [0.2, 0.25) is 0 Å². The fourth-order valence-corrected chi connectivity index (χ4v) is 2.19. The van der Waals surface area contributed by atoms with E-state index in [1.54, 1.807) is 0 Å². The first kappa shape index (κ1) is 11.0. The number of para-hydroxylation sites is 1. The summed E-state index contributed by atoms with van der Waals surface area (Å²) in [7, 11) is 0. The maximum atomic E-state index is 6.32. The molecule has 2 heterocycles. The van der Waals surface area contributed by atoms with Crippen LogP contribution in [-0.4, -0.2) is 9.97 Å². The molecule has 0 amide bonds. The molecule has 3 nitrogen and oxygen atoms in total. The predicted molar refractivity (Wildman–Crippen MR) is 73.3 cm³/mol. The smallest absolute Gasteiger partial charge is 0.0588 e. The quantitative estimate of drug-likeness (QED) is 0.720. The zero-order valence-corrected chi connectivity index (χ0v) is 10.2. The summed E-state index contributed by atoms with van der Waals surface area (Å²) in [6.07, 6.45) is 3.83. The normalized spacial score (nSPS) is 12.8. The van der Waals surface area contributed by atoms with E-state index in [9.17, 15) is 0 Å². The van der Waals surface area contributed by atoms with Gasteiger partial charge in [0, 0.05) is 29.0 Å². The molecule has 0 saturated carbocycles. The summed E-state index contributed by atoms with van der Waals surface area (Å²) in [5, 5.41) is 1.17. The Labute approximate surface area is 106 Å². The first-order valence-electron chi connectivity index (χ1n) is 6.00. The van der Waals surface area contributed by atoms with Crippen molar-refractivity contribution < 1.29 is 0 Å². The molecular formula is C15H15N3. The Morgan fingerprint density at radius 1 is 1.17 bits per heavy atom. The van der Waals surface area contributed by atoms with Crippen LogP contribution in [0.1, 0.15) is 22.9 Å². The number of nitrogens with one attached hydrogen (secondary N) is 1. The van der Waals surface area contributed by atoms with Crippen molar-refractivity contribution in [2.45, 2.75) is 13.0 Å². The van der Waals surface area contributed by atoms with E-state index in [1.807, 2.05) is 43.6 Å². The van der Waals surface area contributed by atoms with Gasteiger partial charge in [-0.3, -0.25) is 4.98 Å². The topological polar surface area (TPSA) is 54.7 Å². The molecule has 0 radical (unpaired) electrons. The maximum absolute atomic E-state index is 6.32. The Hall–Kier alpha value is -2.13. The van der Waals surface area contributed by atoms with Crippen molar-refractivity contribution in [2.75, 3.05) is 0 Å². The summed E-state index contributed by atoms with van der Waals surface area (Å²) in [5.41, 5.74) is 10.6. The van der Waals surface area contributed by atoms with E-state index in [2.05, 4.69) is 22.1 Å². The van der Waals surface area contributed by atoms with E-state index < -0.39 is 0 Å². The van der Waals surface area contributed by atoms with E-state index in [4.69, 9.17) is 5.73 Å². The van der Waals surface area contributed by atoms with E-state index in [-0.39, 0.29) is 6.04 Å². The van der Waals surface area contributed by atoms with Gasteiger partial charge in [-0.2, -0.15) is 0 Å². The van der Waals surface area contributed by atoms with Crippen LogP contribution >= 0.6 is 0 Å². The van der Waals surface area contributed by atoms with Crippen LogP contribution in [0, 0.1) is 6.92 Å². The molecule has 1 unspecified atom stereocenters. The molecule has 3 heteroatoms. The number of nitrogens with zero attached hydrogens (tertiary/aromatic N) is 1. The van der Waals surface area contributed by atoms with Crippen LogP contribution in [0.3, 0.4) is 0 Å². The second-order valence-electron chi connectivity index (χ2n) is 4.50. The molecule has 3 rings (SSSR count). The van der Waals surface area contributed by atoms with E-state index in [1.165, 1.54) is 5.39 Å². The molecule has 0 fully saturated rings.